The normalized spacial score (nSPS) is 17.4. The van der Waals surface area contributed by atoms with E-state index in [9.17, 15) is 23.1 Å². The SMILES string of the molecule is [N-]=[N+]=NC1=Cc2ccccc2C1C(O)(CNC(=O)c1c(Cl)cccc1Cl)C(F)(F)F. The molecular weight excluding hydrogens is 444 g/mol. The molecule has 0 saturated carbocycles. The molecule has 1 aliphatic carbocycles. The number of fused-ring (bicyclic) bond motifs is 1. The summed E-state index contributed by atoms with van der Waals surface area (Å²) >= 11 is 11.9. The van der Waals surface area contributed by atoms with Crippen molar-refractivity contribution in [2.75, 3.05) is 6.54 Å². The highest BCUT2D eigenvalue weighted by Gasteiger charge is 2.61. The molecule has 0 bridgehead atoms. The third kappa shape index (κ3) is 3.85. The molecular formula is C19H13Cl2F3N4O2. The van der Waals surface area contributed by atoms with Gasteiger partial charge in [0.2, 0.25) is 0 Å². The number of hydrogen-bond acceptors (Lipinski definition) is 3. The number of alkyl halides is 3. The minimum Gasteiger partial charge on any atom is -0.378 e. The third-order valence-corrected chi connectivity index (χ3v) is 5.37. The Kier molecular flexibility index (Phi) is 6.01. The van der Waals surface area contributed by atoms with Gasteiger partial charge >= 0.3 is 6.18 Å². The van der Waals surface area contributed by atoms with Crippen molar-refractivity contribution < 1.29 is 23.1 Å². The fraction of sp³-hybridized carbons (Fsp3) is 0.211. The van der Waals surface area contributed by atoms with Crippen LogP contribution in [-0.4, -0.2) is 29.3 Å². The van der Waals surface area contributed by atoms with Crippen molar-refractivity contribution in [2.45, 2.75) is 17.7 Å². The van der Waals surface area contributed by atoms with Crippen LogP contribution in [0.15, 0.2) is 53.3 Å². The van der Waals surface area contributed by atoms with Crippen molar-refractivity contribution in [2.24, 2.45) is 5.11 Å². The number of rotatable bonds is 5. The van der Waals surface area contributed by atoms with Gasteiger partial charge in [-0.05, 0) is 34.9 Å². The average molecular weight is 457 g/mol. The van der Waals surface area contributed by atoms with E-state index in [-0.39, 0.29) is 26.9 Å². The molecule has 0 saturated heterocycles. The molecule has 2 N–H and O–H groups in total. The average Bonchev–Trinajstić information content (AvgIpc) is 3.04. The zero-order valence-electron chi connectivity index (χ0n) is 15.0. The summed E-state index contributed by atoms with van der Waals surface area (Å²) in [5.41, 5.74) is 5.25. The second-order valence-corrected chi connectivity index (χ2v) is 7.34. The molecule has 2 aromatic rings. The van der Waals surface area contributed by atoms with Crippen LogP contribution in [-0.2, 0) is 0 Å². The van der Waals surface area contributed by atoms with Crippen molar-refractivity contribution in [1.29, 1.82) is 0 Å². The number of hydrogen-bond donors (Lipinski definition) is 2. The Morgan fingerprint density at radius 3 is 2.40 bits per heavy atom. The predicted octanol–water partition coefficient (Wildman–Crippen LogP) is 5.47. The lowest BCUT2D eigenvalue weighted by Crippen LogP contribution is -2.57. The van der Waals surface area contributed by atoms with E-state index in [0.29, 0.717) is 5.56 Å². The van der Waals surface area contributed by atoms with Crippen LogP contribution < -0.4 is 5.32 Å². The minimum absolute atomic E-state index is 0.0589. The summed E-state index contributed by atoms with van der Waals surface area (Å²) in [5, 5.41) is 16.1. The number of nitrogens with zero attached hydrogens (tertiary/aromatic N) is 3. The van der Waals surface area contributed by atoms with Crippen LogP contribution in [0.1, 0.15) is 27.4 Å². The molecule has 30 heavy (non-hydrogen) atoms. The topological polar surface area (TPSA) is 98.1 Å². The molecule has 0 aromatic heterocycles. The van der Waals surface area contributed by atoms with E-state index in [1.54, 1.807) is 6.07 Å². The first-order valence-electron chi connectivity index (χ1n) is 8.47. The Morgan fingerprint density at radius 2 is 1.80 bits per heavy atom. The summed E-state index contributed by atoms with van der Waals surface area (Å²) in [6.45, 7) is -1.23. The van der Waals surface area contributed by atoms with Crippen LogP contribution in [0.3, 0.4) is 0 Å². The number of carbonyl (C=O) groups is 1. The zero-order valence-corrected chi connectivity index (χ0v) is 16.5. The highest BCUT2D eigenvalue weighted by atomic mass is 35.5. The molecule has 11 heteroatoms. The van der Waals surface area contributed by atoms with E-state index >= 15 is 0 Å². The molecule has 2 aromatic carbocycles. The van der Waals surface area contributed by atoms with E-state index in [1.165, 1.54) is 42.5 Å². The molecule has 0 spiro atoms. The quantitative estimate of drug-likeness (QED) is 0.354. The summed E-state index contributed by atoms with van der Waals surface area (Å²) in [4.78, 5) is 15.0. The summed E-state index contributed by atoms with van der Waals surface area (Å²) < 4.78 is 42.2. The summed E-state index contributed by atoms with van der Waals surface area (Å²) in [5.74, 6) is -2.74. The second kappa shape index (κ2) is 8.20. The molecule has 0 radical (unpaired) electrons. The lowest BCUT2D eigenvalue weighted by Gasteiger charge is -2.37. The van der Waals surface area contributed by atoms with Crippen LogP contribution in [0.25, 0.3) is 16.5 Å². The van der Waals surface area contributed by atoms with Crippen molar-refractivity contribution in [1.82, 2.24) is 5.32 Å². The maximum absolute atomic E-state index is 14.1. The fourth-order valence-electron chi connectivity index (χ4n) is 3.33. The first-order chi connectivity index (χ1) is 14.1. The monoisotopic (exact) mass is 456 g/mol. The fourth-order valence-corrected chi connectivity index (χ4v) is 3.90. The van der Waals surface area contributed by atoms with Gasteiger partial charge in [0.25, 0.3) is 5.91 Å². The number of carbonyl (C=O) groups excluding carboxylic acids is 1. The minimum atomic E-state index is -5.18. The van der Waals surface area contributed by atoms with Gasteiger partial charge in [0.05, 0.1) is 28.1 Å². The van der Waals surface area contributed by atoms with Crippen LogP contribution in [0, 0.1) is 0 Å². The van der Waals surface area contributed by atoms with E-state index < -0.39 is 30.1 Å². The van der Waals surface area contributed by atoms with Gasteiger partial charge in [0.15, 0.2) is 5.60 Å². The molecule has 3 rings (SSSR count). The number of halogens is 5. The first-order valence-corrected chi connectivity index (χ1v) is 9.22. The number of amides is 1. The zero-order chi connectivity index (χ0) is 22.1. The molecule has 156 valence electrons. The summed E-state index contributed by atoms with van der Waals surface area (Å²) in [6.07, 6.45) is -3.92. The van der Waals surface area contributed by atoms with E-state index in [1.807, 2.05) is 0 Å². The van der Waals surface area contributed by atoms with Crippen molar-refractivity contribution in [3.63, 3.8) is 0 Å². The Hall–Kier alpha value is -2.71. The maximum Gasteiger partial charge on any atom is 0.419 e. The largest absolute Gasteiger partial charge is 0.419 e. The molecule has 0 heterocycles. The number of aliphatic hydroxyl groups is 1. The molecule has 0 fully saturated rings. The van der Waals surface area contributed by atoms with Gasteiger partial charge in [-0.3, -0.25) is 4.79 Å². The Bertz CT molecular complexity index is 1060. The standard InChI is InChI=1S/C19H13Cl2F3N4O2/c20-12-6-3-7-13(21)15(12)17(29)26-9-18(30,19(22,23)24)16-11-5-2-1-4-10(11)8-14(16)27-28-25/h1-8,16,30H,9H2,(H,26,29). The predicted molar refractivity (Wildman–Crippen MR) is 106 cm³/mol. The molecule has 2 unspecified atom stereocenters. The number of benzene rings is 2. The van der Waals surface area contributed by atoms with Crippen LogP contribution in [0.2, 0.25) is 10.0 Å². The van der Waals surface area contributed by atoms with E-state index in [2.05, 4.69) is 15.3 Å². The lowest BCUT2D eigenvalue weighted by molar-refractivity contribution is -0.262. The summed E-state index contributed by atoms with van der Waals surface area (Å²) in [7, 11) is 0. The highest BCUT2D eigenvalue weighted by molar-refractivity contribution is 6.39. The Morgan fingerprint density at radius 1 is 1.17 bits per heavy atom. The van der Waals surface area contributed by atoms with Gasteiger partial charge in [-0.15, -0.1) is 0 Å². The molecule has 1 aliphatic rings. The van der Waals surface area contributed by atoms with Gasteiger partial charge in [0.1, 0.15) is 0 Å². The smallest absolute Gasteiger partial charge is 0.378 e. The molecule has 6 nitrogen and oxygen atoms in total. The molecule has 2 atom stereocenters. The molecule has 1 amide bonds. The molecule has 0 aliphatic heterocycles. The van der Waals surface area contributed by atoms with Gasteiger partial charge < -0.3 is 10.4 Å². The Labute approximate surface area is 178 Å². The van der Waals surface area contributed by atoms with Crippen LogP contribution in [0.5, 0.6) is 0 Å². The highest BCUT2D eigenvalue weighted by Crippen LogP contribution is 2.50. The van der Waals surface area contributed by atoms with E-state index in [0.717, 1.165) is 0 Å². The van der Waals surface area contributed by atoms with Crippen molar-refractivity contribution in [3.8, 4) is 0 Å². The van der Waals surface area contributed by atoms with Crippen LogP contribution >= 0.6 is 23.2 Å². The van der Waals surface area contributed by atoms with E-state index in [4.69, 9.17) is 28.7 Å². The van der Waals surface area contributed by atoms with Gasteiger partial charge in [-0.2, -0.15) is 13.2 Å². The number of nitrogens with one attached hydrogen (secondary N) is 1. The van der Waals surface area contributed by atoms with Crippen molar-refractivity contribution >= 4 is 35.2 Å². The second-order valence-electron chi connectivity index (χ2n) is 6.52. The van der Waals surface area contributed by atoms with Gasteiger partial charge in [-0.25, -0.2) is 0 Å². The van der Waals surface area contributed by atoms with Crippen molar-refractivity contribution in [3.05, 3.63) is 85.3 Å². The Balaban J connectivity index is 2.00. The third-order valence-electron chi connectivity index (χ3n) is 4.74. The lowest BCUT2D eigenvalue weighted by atomic mass is 9.81. The van der Waals surface area contributed by atoms with Crippen LogP contribution in [0.4, 0.5) is 13.2 Å². The van der Waals surface area contributed by atoms with Gasteiger partial charge in [0, 0.05) is 10.6 Å². The number of azide groups is 1. The first kappa shape index (κ1) is 22.0. The maximum atomic E-state index is 14.1. The summed E-state index contributed by atoms with van der Waals surface area (Å²) in [6, 6.07) is 10.2. The van der Waals surface area contributed by atoms with Gasteiger partial charge in [-0.1, -0.05) is 58.6 Å².